The number of nitrogens with zero attached hydrogens (tertiary/aromatic N) is 1. The maximum atomic E-state index is 12.2. The van der Waals surface area contributed by atoms with Crippen LogP contribution in [0.1, 0.15) is 102 Å². The first kappa shape index (κ1) is 20.3. The van der Waals surface area contributed by atoms with Gasteiger partial charge in [0.1, 0.15) is 22.9 Å². The molecule has 0 saturated heterocycles. The first-order valence-corrected chi connectivity index (χ1v) is 11.3. The highest BCUT2D eigenvalue weighted by atomic mass is 16.5. The minimum atomic E-state index is -0.326. The van der Waals surface area contributed by atoms with Crippen LogP contribution in [0.15, 0.2) is 12.1 Å². The van der Waals surface area contributed by atoms with Crippen molar-refractivity contribution in [1.82, 2.24) is 0 Å². The molecular formula is C25H33NO3. The zero-order chi connectivity index (χ0) is 20.6. The number of hydrogen-bond acceptors (Lipinski definition) is 4. The van der Waals surface area contributed by atoms with Gasteiger partial charge in [-0.2, -0.15) is 5.26 Å². The molecule has 4 nitrogen and oxygen atoms in total. The van der Waals surface area contributed by atoms with E-state index in [-0.39, 0.29) is 22.9 Å². The number of phenols is 1. The molecule has 4 heteroatoms. The summed E-state index contributed by atoms with van der Waals surface area (Å²) in [6, 6.07) is 6.36. The van der Waals surface area contributed by atoms with Crippen LogP contribution in [0.2, 0.25) is 0 Å². The molecule has 2 saturated carbocycles. The van der Waals surface area contributed by atoms with Crippen LogP contribution in [-0.2, 0) is 10.2 Å². The second kappa shape index (κ2) is 7.67. The lowest BCUT2D eigenvalue weighted by Gasteiger charge is -2.48. The summed E-state index contributed by atoms with van der Waals surface area (Å²) in [6.45, 7) is 4.25. The van der Waals surface area contributed by atoms with E-state index in [9.17, 15) is 9.90 Å². The van der Waals surface area contributed by atoms with Crippen molar-refractivity contribution in [2.24, 2.45) is 5.92 Å². The standard InChI is InChI=1S/C25H33NO3/c1-24(2)20-9-8-18(27)16-19(20)23-21(28)14-17(15-22(23)29-24)25(11-7-12-25)10-5-3-4-6-13-26/h14-15,19-20,28H,3-12,16H2,1-2H3/t19-,20-/m1/s1. The lowest BCUT2D eigenvalue weighted by atomic mass is 9.61. The van der Waals surface area contributed by atoms with E-state index >= 15 is 0 Å². The molecule has 1 heterocycles. The number of carbonyl (C=O) groups is 1. The molecule has 2 atom stereocenters. The molecule has 156 valence electrons. The Kier molecular flexibility index (Phi) is 5.36. The fourth-order valence-corrected chi connectivity index (χ4v) is 6.01. The summed E-state index contributed by atoms with van der Waals surface area (Å²) < 4.78 is 6.46. The molecule has 1 N–H and O–H groups in total. The van der Waals surface area contributed by atoms with E-state index in [0.717, 1.165) is 56.3 Å². The first-order valence-electron chi connectivity index (χ1n) is 11.3. The predicted molar refractivity (Wildman–Crippen MR) is 112 cm³/mol. The monoisotopic (exact) mass is 395 g/mol. The third-order valence-corrected chi connectivity index (χ3v) is 7.79. The lowest BCUT2D eigenvalue weighted by molar-refractivity contribution is -0.124. The number of carbonyl (C=O) groups excluding carboxylic acids is 1. The van der Waals surface area contributed by atoms with Gasteiger partial charge in [0.25, 0.3) is 0 Å². The van der Waals surface area contributed by atoms with Crippen LogP contribution in [-0.4, -0.2) is 16.5 Å². The number of aromatic hydroxyl groups is 1. The van der Waals surface area contributed by atoms with Crippen LogP contribution in [0, 0.1) is 17.2 Å². The Labute approximate surface area is 174 Å². The number of ether oxygens (including phenoxy) is 1. The van der Waals surface area contributed by atoms with Gasteiger partial charge in [0, 0.05) is 36.7 Å². The normalized spacial score (nSPS) is 26.4. The van der Waals surface area contributed by atoms with Crippen molar-refractivity contribution in [3.63, 3.8) is 0 Å². The summed E-state index contributed by atoms with van der Waals surface area (Å²) in [6.07, 6.45) is 10.4. The number of fused-ring (bicyclic) bond motifs is 3. The molecule has 0 bridgehead atoms. The third-order valence-electron chi connectivity index (χ3n) is 7.79. The van der Waals surface area contributed by atoms with E-state index in [2.05, 4.69) is 26.0 Å². The quantitative estimate of drug-likeness (QED) is 0.608. The van der Waals surface area contributed by atoms with Crippen LogP contribution in [0.25, 0.3) is 0 Å². The van der Waals surface area contributed by atoms with Gasteiger partial charge >= 0.3 is 0 Å². The number of unbranched alkanes of at least 4 members (excludes halogenated alkanes) is 3. The summed E-state index contributed by atoms with van der Waals surface area (Å²) in [5.74, 6) is 1.73. The molecule has 29 heavy (non-hydrogen) atoms. The van der Waals surface area contributed by atoms with Gasteiger partial charge in [-0.05, 0) is 69.1 Å². The van der Waals surface area contributed by atoms with Crippen molar-refractivity contribution >= 4 is 5.78 Å². The van der Waals surface area contributed by atoms with Crippen LogP contribution < -0.4 is 4.74 Å². The molecule has 1 aliphatic heterocycles. The SMILES string of the molecule is CC1(C)Oc2cc(C3(CCCCCC#N)CCC3)cc(O)c2[C@@H]2CC(=O)CC[C@H]21. The van der Waals surface area contributed by atoms with Crippen LogP contribution >= 0.6 is 0 Å². The van der Waals surface area contributed by atoms with Gasteiger partial charge in [0.15, 0.2) is 0 Å². The number of hydrogen-bond donors (Lipinski definition) is 1. The Morgan fingerprint density at radius 2 is 2.03 bits per heavy atom. The minimum Gasteiger partial charge on any atom is -0.508 e. The van der Waals surface area contributed by atoms with Gasteiger partial charge in [-0.25, -0.2) is 0 Å². The van der Waals surface area contributed by atoms with Crippen molar-refractivity contribution in [3.8, 4) is 17.6 Å². The van der Waals surface area contributed by atoms with Crippen molar-refractivity contribution in [2.75, 3.05) is 0 Å². The maximum Gasteiger partial charge on any atom is 0.133 e. The number of nitriles is 1. The maximum absolute atomic E-state index is 12.2. The zero-order valence-electron chi connectivity index (χ0n) is 17.8. The molecule has 0 radical (unpaired) electrons. The largest absolute Gasteiger partial charge is 0.508 e. The molecule has 0 amide bonds. The molecule has 2 aliphatic carbocycles. The summed E-state index contributed by atoms with van der Waals surface area (Å²) in [7, 11) is 0. The number of ketones is 1. The van der Waals surface area contributed by atoms with Crippen molar-refractivity contribution in [2.45, 2.75) is 101 Å². The zero-order valence-corrected chi connectivity index (χ0v) is 17.8. The fourth-order valence-electron chi connectivity index (χ4n) is 6.01. The summed E-state index contributed by atoms with van der Waals surface area (Å²) in [5.41, 5.74) is 1.85. The number of rotatable bonds is 6. The van der Waals surface area contributed by atoms with Gasteiger partial charge in [-0.15, -0.1) is 0 Å². The van der Waals surface area contributed by atoms with Gasteiger partial charge < -0.3 is 9.84 Å². The predicted octanol–water partition coefficient (Wildman–Crippen LogP) is 5.91. The summed E-state index contributed by atoms with van der Waals surface area (Å²) >= 11 is 0. The summed E-state index contributed by atoms with van der Waals surface area (Å²) in [5, 5.41) is 19.8. The first-order chi connectivity index (χ1) is 13.9. The Bertz CT molecular complexity index is 831. The van der Waals surface area contributed by atoms with E-state index in [4.69, 9.17) is 10.00 Å². The number of benzene rings is 1. The van der Waals surface area contributed by atoms with Gasteiger partial charge in [-0.1, -0.05) is 19.3 Å². The molecule has 1 aromatic carbocycles. The molecular weight excluding hydrogens is 362 g/mol. The Hall–Kier alpha value is -2.02. The third kappa shape index (κ3) is 3.65. The highest BCUT2D eigenvalue weighted by molar-refractivity contribution is 5.81. The van der Waals surface area contributed by atoms with Crippen molar-refractivity contribution in [1.29, 1.82) is 5.26 Å². The van der Waals surface area contributed by atoms with Gasteiger partial charge in [0.2, 0.25) is 0 Å². The molecule has 0 spiro atoms. The molecule has 0 unspecified atom stereocenters. The van der Waals surface area contributed by atoms with Gasteiger partial charge in [0.05, 0.1) is 6.07 Å². The molecule has 1 aromatic rings. The van der Waals surface area contributed by atoms with E-state index in [1.165, 1.54) is 12.0 Å². The average Bonchev–Trinajstić information content (AvgIpc) is 2.62. The fraction of sp³-hybridized carbons (Fsp3) is 0.680. The van der Waals surface area contributed by atoms with Crippen LogP contribution in [0.3, 0.4) is 0 Å². The molecule has 0 aromatic heterocycles. The van der Waals surface area contributed by atoms with E-state index in [1.807, 2.05) is 6.07 Å². The topological polar surface area (TPSA) is 70.3 Å². The second-order valence-electron chi connectivity index (χ2n) is 9.96. The molecule has 4 rings (SSSR count). The number of Topliss-reactive ketones (excluding diaryl/α,β-unsaturated/α-hetero) is 1. The highest BCUT2D eigenvalue weighted by Crippen LogP contribution is 2.56. The van der Waals surface area contributed by atoms with E-state index in [0.29, 0.717) is 30.8 Å². The number of phenolic OH excluding ortho intramolecular Hbond substituents is 1. The van der Waals surface area contributed by atoms with Crippen molar-refractivity contribution in [3.05, 3.63) is 23.3 Å². The Morgan fingerprint density at radius 1 is 1.24 bits per heavy atom. The lowest BCUT2D eigenvalue weighted by Crippen LogP contribution is -2.47. The van der Waals surface area contributed by atoms with E-state index < -0.39 is 0 Å². The molecule has 3 aliphatic rings. The van der Waals surface area contributed by atoms with Crippen molar-refractivity contribution < 1.29 is 14.6 Å². The second-order valence-corrected chi connectivity index (χ2v) is 9.96. The van der Waals surface area contributed by atoms with E-state index in [1.54, 1.807) is 0 Å². The smallest absolute Gasteiger partial charge is 0.133 e. The molecule has 2 fully saturated rings. The summed E-state index contributed by atoms with van der Waals surface area (Å²) in [4.78, 5) is 12.2. The Balaban J connectivity index is 1.62. The minimum absolute atomic E-state index is 0.0624. The van der Waals surface area contributed by atoms with Gasteiger partial charge in [-0.3, -0.25) is 4.79 Å². The average molecular weight is 396 g/mol. The Morgan fingerprint density at radius 3 is 2.72 bits per heavy atom. The van der Waals surface area contributed by atoms with Crippen LogP contribution in [0.4, 0.5) is 0 Å². The highest BCUT2D eigenvalue weighted by Gasteiger charge is 2.48. The van der Waals surface area contributed by atoms with Crippen LogP contribution in [0.5, 0.6) is 11.5 Å².